The lowest BCUT2D eigenvalue weighted by Crippen LogP contribution is -2.44. The number of hydrazine groups is 1. The molecule has 1 saturated heterocycles. The number of aryl methyl sites for hydroxylation is 1. The van der Waals surface area contributed by atoms with E-state index < -0.39 is 16.7 Å². The number of thiocarbonyl (C=S) groups is 1. The molecule has 3 rings (SSSR count). The Kier molecular flexibility index (Phi) is 5.33. The van der Waals surface area contributed by atoms with Gasteiger partial charge in [0.15, 0.2) is 4.32 Å². The van der Waals surface area contributed by atoms with Gasteiger partial charge in [0.05, 0.1) is 9.83 Å². The SMILES string of the molecule is Cc1ccc(C(=O)NN2C(=O)/C(=C/c3cccc([N+](=O)[O-])c3)SC2=S)cc1. The largest absolute Gasteiger partial charge is 0.285 e. The summed E-state index contributed by atoms with van der Waals surface area (Å²) in [6, 6.07) is 12.8. The number of carbonyl (C=O) groups is 2. The maximum atomic E-state index is 12.6. The number of nitrogens with zero attached hydrogens (tertiary/aromatic N) is 2. The van der Waals surface area contributed by atoms with Crippen molar-refractivity contribution in [2.45, 2.75) is 6.92 Å². The molecule has 0 unspecified atom stereocenters. The number of nitrogens with one attached hydrogen (secondary N) is 1. The summed E-state index contributed by atoms with van der Waals surface area (Å²) in [5, 5.41) is 11.9. The van der Waals surface area contributed by atoms with Crippen molar-refractivity contribution in [1.82, 2.24) is 10.4 Å². The van der Waals surface area contributed by atoms with Crippen LogP contribution >= 0.6 is 24.0 Å². The zero-order valence-electron chi connectivity index (χ0n) is 14.0. The van der Waals surface area contributed by atoms with Gasteiger partial charge in [0.1, 0.15) is 0 Å². The molecule has 2 amide bonds. The number of amides is 2. The van der Waals surface area contributed by atoms with Gasteiger partial charge in [-0.25, -0.2) is 0 Å². The molecule has 1 heterocycles. The van der Waals surface area contributed by atoms with Crippen LogP contribution in [0.25, 0.3) is 6.08 Å². The number of carbonyl (C=O) groups excluding carboxylic acids is 2. The second-order valence-electron chi connectivity index (χ2n) is 5.68. The second kappa shape index (κ2) is 7.68. The van der Waals surface area contributed by atoms with Gasteiger partial charge in [-0.2, -0.15) is 5.01 Å². The minimum Gasteiger partial charge on any atom is -0.267 e. The van der Waals surface area contributed by atoms with E-state index >= 15 is 0 Å². The van der Waals surface area contributed by atoms with E-state index in [0.29, 0.717) is 11.1 Å². The molecule has 0 radical (unpaired) electrons. The number of hydrogen-bond acceptors (Lipinski definition) is 6. The molecule has 0 aromatic heterocycles. The van der Waals surface area contributed by atoms with Crippen LogP contribution in [0.4, 0.5) is 5.69 Å². The van der Waals surface area contributed by atoms with E-state index in [9.17, 15) is 19.7 Å². The minimum absolute atomic E-state index is 0.0769. The van der Waals surface area contributed by atoms with Gasteiger partial charge in [0.25, 0.3) is 17.5 Å². The van der Waals surface area contributed by atoms with Crippen molar-refractivity contribution < 1.29 is 14.5 Å². The van der Waals surface area contributed by atoms with Crippen LogP contribution in [-0.2, 0) is 4.79 Å². The summed E-state index contributed by atoms with van der Waals surface area (Å²) in [5.74, 6) is -0.945. The van der Waals surface area contributed by atoms with Crippen LogP contribution in [0.5, 0.6) is 0 Å². The molecule has 0 saturated carbocycles. The summed E-state index contributed by atoms with van der Waals surface area (Å²) in [6.45, 7) is 1.91. The van der Waals surface area contributed by atoms with E-state index in [4.69, 9.17) is 12.2 Å². The van der Waals surface area contributed by atoms with E-state index in [-0.39, 0.29) is 14.9 Å². The first kappa shape index (κ1) is 18.7. The summed E-state index contributed by atoms with van der Waals surface area (Å²) in [6.07, 6.45) is 1.50. The molecule has 2 aromatic rings. The van der Waals surface area contributed by atoms with Crippen molar-refractivity contribution in [1.29, 1.82) is 0 Å². The molecular formula is C18H13N3O4S2. The molecule has 27 heavy (non-hydrogen) atoms. The Morgan fingerprint density at radius 1 is 1.26 bits per heavy atom. The highest BCUT2D eigenvalue weighted by molar-refractivity contribution is 8.26. The van der Waals surface area contributed by atoms with Crippen LogP contribution in [0.2, 0.25) is 0 Å². The van der Waals surface area contributed by atoms with Crippen LogP contribution < -0.4 is 5.43 Å². The van der Waals surface area contributed by atoms with Gasteiger partial charge in [0, 0.05) is 17.7 Å². The average Bonchev–Trinajstić information content (AvgIpc) is 2.90. The van der Waals surface area contributed by atoms with Gasteiger partial charge in [-0.3, -0.25) is 25.1 Å². The Bertz CT molecular complexity index is 986. The van der Waals surface area contributed by atoms with Crippen molar-refractivity contribution >= 4 is 51.9 Å². The molecule has 0 atom stereocenters. The van der Waals surface area contributed by atoms with E-state index in [0.717, 1.165) is 22.3 Å². The van der Waals surface area contributed by atoms with Crippen molar-refractivity contribution in [3.8, 4) is 0 Å². The van der Waals surface area contributed by atoms with E-state index in [1.54, 1.807) is 30.3 Å². The van der Waals surface area contributed by atoms with Gasteiger partial charge in [-0.1, -0.05) is 41.6 Å². The smallest absolute Gasteiger partial charge is 0.267 e. The number of thioether (sulfide) groups is 1. The number of nitro benzene ring substituents is 1. The molecule has 7 nitrogen and oxygen atoms in total. The van der Waals surface area contributed by atoms with Crippen LogP contribution in [0, 0.1) is 17.0 Å². The Labute approximate surface area is 164 Å². The zero-order valence-corrected chi connectivity index (χ0v) is 15.7. The number of hydrogen-bond donors (Lipinski definition) is 1. The fourth-order valence-corrected chi connectivity index (χ4v) is 3.49. The van der Waals surface area contributed by atoms with Crippen molar-refractivity contribution in [3.63, 3.8) is 0 Å². The first-order chi connectivity index (χ1) is 12.8. The summed E-state index contributed by atoms with van der Waals surface area (Å²) < 4.78 is 0.178. The van der Waals surface area contributed by atoms with Crippen molar-refractivity contribution in [2.24, 2.45) is 0 Å². The molecular weight excluding hydrogens is 386 g/mol. The normalized spacial score (nSPS) is 15.3. The predicted molar refractivity (Wildman–Crippen MR) is 107 cm³/mol. The van der Waals surface area contributed by atoms with Crippen LogP contribution in [-0.4, -0.2) is 26.1 Å². The minimum atomic E-state index is -0.510. The molecule has 1 fully saturated rings. The molecule has 1 N–H and O–H groups in total. The van der Waals surface area contributed by atoms with Crippen LogP contribution in [0.3, 0.4) is 0 Å². The quantitative estimate of drug-likeness (QED) is 0.366. The number of rotatable bonds is 4. The molecule has 0 spiro atoms. The Morgan fingerprint density at radius 3 is 2.63 bits per heavy atom. The lowest BCUT2D eigenvalue weighted by Gasteiger charge is -2.15. The predicted octanol–water partition coefficient (Wildman–Crippen LogP) is 3.45. The highest BCUT2D eigenvalue weighted by Crippen LogP contribution is 2.32. The Balaban J connectivity index is 1.78. The monoisotopic (exact) mass is 399 g/mol. The van der Waals surface area contributed by atoms with Crippen LogP contribution in [0.1, 0.15) is 21.5 Å². The van der Waals surface area contributed by atoms with Gasteiger partial charge in [0.2, 0.25) is 0 Å². The number of non-ortho nitro benzene ring substituents is 1. The van der Waals surface area contributed by atoms with E-state index in [1.807, 2.05) is 6.92 Å². The fourth-order valence-electron chi connectivity index (χ4n) is 2.31. The molecule has 0 bridgehead atoms. The molecule has 1 aliphatic rings. The highest BCUT2D eigenvalue weighted by Gasteiger charge is 2.33. The highest BCUT2D eigenvalue weighted by atomic mass is 32.2. The fraction of sp³-hybridized carbons (Fsp3) is 0.0556. The zero-order chi connectivity index (χ0) is 19.6. The summed E-state index contributed by atoms with van der Waals surface area (Å²) in [5.41, 5.74) is 4.32. The topological polar surface area (TPSA) is 92.6 Å². The summed E-state index contributed by atoms with van der Waals surface area (Å²) in [4.78, 5) is 35.5. The maximum absolute atomic E-state index is 12.6. The van der Waals surface area contributed by atoms with Gasteiger partial charge in [-0.05, 0) is 42.9 Å². The lowest BCUT2D eigenvalue weighted by molar-refractivity contribution is -0.384. The molecule has 9 heteroatoms. The molecule has 2 aromatic carbocycles. The van der Waals surface area contributed by atoms with Crippen molar-refractivity contribution in [2.75, 3.05) is 0 Å². The lowest BCUT2D eigenvalue weighted by atomic mass is 10.1. The number of benzene rings is 2. The molecule has 1 aliphatic heterocycles. The third-order valence-electron chi connectivity index (χ3n) is 3.70. The summed E-state index contributed by atoms with van der Waals surface area (Å²) >= 11 is 6.19. The number of nitro groups is 1. The van der Waals surface area contributed by atoms with Crippen LogP contribution in [0.15, 0.2) is 53.4 Å². The van der Waals surface area contributed by atoms with E-state index in [1.165, 1.54) is 24.3 Å². The van der Waals surface area contributed by atoms with Gasteiger partial charge < -0.3 is 0 Å². The third-order valence-corrected chi connectivity index (χ3v) is 5.00. The first-order valence-electron chi connectivity index (χ1n) is 7.75. The van der Waals surface area contributed by atoms with Gasteiger partial charge in [-0.15, -0.1) is 0 Å². The Hall–Kier alpha value is -3.04. The van der Waals surface area contributed by atoms with Crippen molar-refractivity contribution in [3.05, 3.63) is 80.2 Å². The van der Waals surface area contributed by atoms with E-state index in [2.05, 4.69) is 5.43 Å². The molecule has 0 aliphatic carbocycles. The molecule has 136 valence electrons. The third kappa shape index (κ3) is 4.21. The van der Waals surface area contributed by atoms with Gasteiger partial charge >= 0.3 is 0 Å². The standard InChI is InChI=1S/C18H13N3O4S2/c1-11-5-7-13(8-6-11)16(22)19-20-17(23)15(27-18(20)26)10-12-3-2-4-14(9-12)21(24)25/h2-10H,1H3,(H,19,22)/b15-10-. The summed E-state index contributed by atoms with van der Waals surface area (Å²) in [7, 11) is 0. The second-order valence-corrected chi connectivity index (χ2v) is 7.35. The Morgan fingerprint density at radius 2 is 1.96 bits per heavy atom. The average molecular weight is 399 g/mol. The maximum Gasteiger partial charge on any atom is 0.285 e. The first-order valence-corrected chi connectivity index (χ1v) is 8.98.